The number of carboxylic acids is 2. The third-order valence-corrected chi connectivity index (χ3v) is 6.87. The fourth-order valence-corrected chi connectivity index (χ4v) is 4.47. The van der Waals surface area contributed by atoms with Crippen LogP contribution in [-0.2, 0) is 24.0 Å². The van der Waals surface area contributed by atoms with Crippen molar-refractivity contribution >= 4 is 29.5 Å². The first kappa shape index (κ1) is 36.5. The molecule has 0 aromatic carbocycles. The molecule has 0 radical (unpaired) electrons. The predicted molar refractivity (Wildman–Crippen MR) is 152 cm³/mol. The number of rotatable bonds is 28. The Hall–Kier alpha value is -2.45. The van der Waals surface area contributed by atoms with Crippen LogP contribution >= 0.6 is 0 Å². The summed E-state index contributed by atoms with van der Waals surface area (Å²) in [6.45, 7) is 2.06. The lowest BCUT2D eigenvalue weighted by Crippen LogP contribution is -2.41. The van der Waals surface area contributed by atoms with E-state index in [0.29, 0.717) is 19.4 Å². The molecule has 0 aliphatic heterocycles. The Kier molecular flexibility index (Phi) is 24.2. The van der Waals surface area contributed by atoms with E-state index >= 15 is 0 Å². The standard InChI is InChI=1S/C30H54N2O7/c1-25(33)19-15-14-18-24-31-27(34)23-22-26(30(38)39)32-28(35)20-16-12-10-8-6-4-2-3-5-7-9-11-13-17-21-29(36)37/h26H,2-24H2,1H3,(H,31,34)(H,32,35)(H,36,37)(H,38,39)/t26-/m0/s1. The minimum Gasteiger partial charge on any atom is -0.481 e. The molecule has 0 heterocycles. The van der Waals surface area contributed by atoms with Gasteiger partial charge in [-0.05, 0) is 39.0 Å². The lowest BCUT2D eigenvalue weighted by atomic mass is 10.0. The highest BCUT2D eigenvalue weighted by molar-refractivity contribution is 5.84. The monoisotopic (exact) mass is 554 g/mol. The molecule has 0 aromatic heterocycles. The second kappa shape index (κ2) is 25.8. The van der Waals surface area contributed by atoms with Crippen molar-refractivity contribution in [1.82, 2.24) is 10.6 Å². The molecule has 0 saturated heterocycles. The van der Waals surface area contributed by atoms with E-state index in [1.165, 1.54) is 44.9 Å². The summed E-state index contributed by atoms with van der Waals surface area (Å²) in [7, 11) is 0. The summed E-state index contributed by atoms with van der Waals surface area (Å²) in [5, 5.41) is 23.3. The first-order chi connectivity index (χ1) is 18.7. The van der Waals surface area contributed by atoms with E-state index < -0.39 is 18.0 Å². The SMILES string of the molecule is CC(=O)CCCCCNC(=O)CC[C@H](NC(=O)CCCCCCCCCCCCCCCCC(=O)O)C(=O)O. The van der Waals surface area contributed by atoms with E-state index in [0.717, 1.165) is 64.2 Å². The molecular weight excluding hydrogens is 500 g/mol. The number of aliphatic carboxylic acids is 2. The van der Waals surface area contributed by atoms with Gasteiger partial charge in [0, 0.05) is 32.2 Å². The first-order valence-electron chi connectivity index (χ1n) is 15.2. The van der Waals surface area contributed by atoms with E-state index in [1.54, 1.807) is 6.92 Å². The molecule has 0 aliphatic rings. The summed E-state index contributed by atoms with van der Waals surface area (Å²) in [5.74, 6) is -2.18. The molecule has 1 atom stereocenters. The Morgan fingerprint density at radius 1 is 0.538 bits per heavy atom. The zero-order valence-corrected chi connectivity index (χ0v) is 24.3. The molecule has 0 fully saturated rings. The van der Waals surface area contributed by atoms with Gasteiger partial charge in [-0.3, -0.25) is 14.4 Å². The van der Waals surface area contributed by atoms with Crippen LogP contribution in [0.4, 0.5) is 0 Å². The van der Waals surface area contributed by atoms with Gasteiger partial charge in [0.15, 0.2) is 0 Å². The van der Waals surface area contributed by atoms with Crippen LogP contribution in [0.1, 0.15) is 148 Å². The summed E-state index contributed by atoms with van der Waals surface area (Å²) in [6.07, 6.45) is 19.1. The predicted octanol–water partition coefficient (Wildman–Crippen LogP) is 5.93. The quantitative estimate of drug-likeness (QED) is 0.0876. The zero-order chi connectivity index (χ0) is 29.1. The average molecular weight is 555 g/mol. The van der Waals surface area contributed by atoms with Crippen LogP contribution in [0.2, 0.25) is 0 Å². The van der Waals surface area contributed by atoms with Crippen LogP contribution in [0.3, 0.4) is 0 Å². The number of unbranched alkanes of at least 4 members (excludes halogenated alkanes) is 15. The van der Waals surface area contributed by atoms with Crippen molar-refractivity contribution in [2.75, 3.05) is 6.54 Å². The molecule has 0 saturated carbocycles. The topological polar surface area (TPSA) is 150 Å². The molecule has 0 aliphatic carbocycles. The van der Waals surface area contributed by atoms with Crippen molar-refractivity contribution in [2.24, 2.45) is 0 Å². The Bertz CT molecular complexity index is 697. The van der Waals surface area contributed by atoms with Crippen molar-refractivity contribution in [3.05, 3.63) is 0 Å². The van der Waals surface area contributed by atoms with Crippen LogP contribution < -0.4 is 10.6 Å². The largest absolute Gasteiger partial charge is 0.481 e. The van der Waals surface area contributed by atoms with Crippen molar-refractivity contribution in [1.29, 1.82) is 0 Å². The number of nitrogens with one attached hydrogen (secondary N) is 2. The van der Waals surface area contributed by atoms with Gasteiger partial charge in [-0.2, -0.15) is 0 Å². The average Bonchev–Trinajstić information content (AvgIpc) is 2.87. The summed E-state index contributed by atoms with van der Waals surface area (Å²) in [5.41, 5.74) is 0. The maximum absolute atomic E-state index is 12.2. The molecule has 0 bridgehead atoms. The lowest BCUT2D eigenvalue weighted by molar-refractivity contribution is -0.142. The normalized spacial score (nSPS) is 11.6. The van der Waals surface area contributed by atoms with Crippen LogP contribution in [0, 0.1) is 0 Å². The zero-order valence-electron chi connectivity index (χ0n) is 24.3. The Balaban J connectivity index is 3.65. The van der Waals surface area contributed by atoms with Gasteiger partial charge >= 0.3 is 11.9 Å². The summed E-state index contributed by atoms with van der Waals surface area (Å²) < 4.78 is 0. The maximum Gasteiger partial charge on any atom is 0.326 e. The minimum atomic E-state index is -1.13. The summed E-state index contributed by atoms with van der Waals surface area (Å²) >= 11 is 0. The second-order valence-corrected chi connectivity index (χ2v) is 10.7. The van der Waals surface area contributed by atoms with Crippen LogP contribution in [-0.4, -0.2) is 52.3 Å². The van der Waals surface area contributed by atoms with E-state index in [9.17, 15) is 29.1 Å². The van der Waals surface area contributed by atoms with Gasteiger partial charge in [-0.25, -0.2) is 4.79 Å². The molecule has 226 valence electrons. The second-order valence-electron chi connectivity index (χ2n) is 10.7. The number of ketones is 1. The molecular formula is C30H54N2O7. The maximum atomic E-state index is 12.2. The third-order valence-electron chi connectivity index (χ3n) is 6.87. The number of carbonyl (C=O) groups excluding carboxylic acids is 3. The van der Waals surface area contributed by atoms with E-state index in [-0.39, 0.29) is 36.9 Å². The van der Waals surface area contributed by atoms with Gasteiger partial charge in [-0.15, -0.1) is 0 Å². The number of carboxylic acid groups (broad SMARTS) is 2. The first-order valence-corrected chi connectivity index (χ1v) is 15.2. The molecule has 4 N–H and O–H groups in total. The van der Waals surface area contributed by atoms with Gasteiger partial charge in [-0.1, -0.05) is 83.5 Å². The van der Waals surface area contributed by atoms with Crippen molar-refractivity contribution < 1.29 is 34.2 Å². The minimum absolute atomic E-state index is 0.0410. The highest BCUT2D eigenvalue weighted by Crippen LogP contribution is 2.14. The Morgan fingerprint density at radius 3 is 1.44 bits per heavy atom. The van der Waals surface area contributed by atoms with Crippen LogP contribution in [0.15, 0.2) is 0 Å². The number of hydrogen-bond donors (Lipinski definition) is 4. The van der Waals surface area contributed by atoms with Gasteiger partial charge in [0.05, 0.1) is 0 Å². The number of Topliss-reactive ketones (excluding diaryl/α,β-unsaturated/α-hetero) is 1. The fourth-order valence-electron chi connectivity index (χ4n) is 4.47. The molecule has 0 unspecified atom stereocenters. The van der Waals surface area contributed by atoms with Crippen molar-refractivity contribution in [3.63, 3.8) is 0 Å². The smallest absolute Gasteiger partial charge is 0.326 e. The van der Waals surface area contributed by atoms with Crippen molar-refractivity contribution in [2.45, 2.75) is 154 Å². The van der Waals surface area contributed by atoms with E-state index in [4.69, 9.17) is 5.11 Å². The van der Waals surface area contributed by atoms with Gasteiger partial charge in [0.2, 0.25) is 11.8 Å². The lowest BCUT2D eigenvalue weighted by Gasteiger charge is -2.14. The molecule has 2 amide bonds. The fraction of sp³-hybridized carbons (Fsp3) is 0.833. The third kappa shape index (κ3) is 26.9. The summed E-state index contributed by atoms with van der Waals surface area (Å²) in [6, 6.07) is -1.06. The molecule has 0 spiro atoms. The molecule has 9 heteroatoms. The molecule has 39 heavy (non-hydrogen) atoms. The summed E-state index contributed by atoms with van der Waals surface area (Å²) in [4.78, 5) is 57.0. The van der Waals surface area contributed by atoms with E-state index in [2.05, 4.69) is 10.6 Å². The Labute approximate surface area is 235 Å². The number of hydrogen-bond acceptors (Lipinski definition) is 5. The Morgan fingerprint density at radius 2 is 0.974 bits per heavy atom. The molecule has 0 rings (SSSR count). The molecule has 9 nitrogen and oxygen atoms in total. The number of carbonyl (C=O) groups is 5. The highest BCUT2D eigenvalue weighted by Gasteiger charge is 2.20. The van der Waals surface area contributed by atoms with Gasteiger partial charge in [0.1, 0.15) is 11.8 Å². The number of amides is 2. The van der Waals surface area contributed by atoms with Gasteiger partial charge in [0.25, 0.3) is 0 Å². The molecule has 0 aromatic rings. The van der Waals surface area contributed by atoms with Crippen LogP contribution in [0.25, 0.3) is 0 Å². The highest BCUT2D eigenvalue weighted by atomic mass is 16.4. The van der Waals surface area contributed by atoms with E-state index in [1.807, 2.05) is 0 Å². The van der Waals surface area contributed by atoms with Crippen molar-refractivity contribution in [3.8, 4) is 0 Å². The van der Waals surface area contributed by atoms with Gasteiger partial charge < -0.3 is 25.6 Å². The van der Waals surface area contributed by atoms with Crippen LogP contribution in [0.5, 0.6) is 0 Å².